The minimum Gasteiger partial charge on any atom is -0.390 e. The van der Waals surface area contributed by atoms with Crippen molar-refractivity contribution in [3.05, 3.63) is 23.0 Å². The van der Waals surface area contributed by atoms with E-state index in [-0.39, 0.29) is 30.0 Å². The van der Waals surface area contributed by atoms with Crippen LogP contribution in [0.2, 0.25) is 0 Å². The van der Waals surface area contributed by atoms with Crippen molar-refractivity contribution in [3.8, 4) is 0 Å². The van der Waals surface area contributed by atoms with E-state index in [1.165, 1.54) is 12.7 Å². The predicted molar refractivity (Wildman–Crippen MR) is 69.0 cm³/mol. The molecule has 3 heterocycles. The van der Waals surface area contributed by atoms with Crippen LogP contribution in [0.3, 0.4) is 0 Å². The molecule has 9 heteroatoms. The normalized spacial score (nSPS) is 26.5. The number of hydrogen-bond donors (Lipinski definition) is 3. The van der Waals surface area contributed by atoms with Crippen LogP contribution in [0.5, 0.6) is 0 Å². The van der Waals surface area contributed by atoms with Crippen molar-refractivity contribution >= 4 is 23.6 Å². The van der Waals surface area contributed by atoms with Crippen molar-refractivity contribution in [2.24, 2.45) is 5.73 Å². The summed E-state index contributed by atoms with van der Waals surface area (Å²) in [5, 5.41) is 9.76. The van der Waals surface area contributed by atoms with Gasteiger partial charge in [-0.2, -0.15) is 0 Å². The molecule has 3 rings (SSSR count). The first-order chi connectivity index (χ1) is 8.70. The molecule has 1 aliphatic rings. The van der Waals surface area contributed by atoms with Gasteiger partial charge in [0, 0.05) is 13.0 Å². The van der Waals surface area contributed by atoms with E-state index in [9.17, 15) is 9.90 Å². The Bertz CT molecular complexity index is 627. The van der Waals surface area contributed by atoms with Crippen molar-refractivity contribution in [1.82, 2.24) is 19.5 Å². The summed E-state index contributed by atoms with van der Waals surface area (Å²) in [6.07, 6.45) is 1.81. The van der Waals surface area contributed by atoms with Gasteiger partial charge in [-0.1, -0.05) is 0 Å². The van der Waals surface area contributed by atoms with E-state index in [1.807, 2.05) is 0 Å². The number of aliphatic hydroxyl groups is 1. The van der Waals surface area contributed by atoms with Crippen LogP contribution >= 0.6 is 12.4 Å². The molecule has 19 heavy (non-hydrogen) atoms. The van der Waals surface area contributed by atoms with Gasteiger partial charge in [-0.3, -0.25) is 9.36 Å². The minimum atomic E-state index is -0.612. The monoisotopic (exact) mass is 287 g/mol. The van der Waals surface area contributed by atoms with Crippen LogP contribution in [0.25, 0.3) is 11.2 Å². The molecule has 1 aliphatic heterocycles. The Morgan fingerprint density at radius 1 is 1.58 bits per heavy atom. The summed E-state index contributed by atoms with van der Waals surface area (Å²) < 4.78 is 7.25. The number of nitrogens with one attached hydrogen (secondary N) is 1. The zero-order valence-corrected chi connectivity index (χ0v) is 10.7. The third-order valence-corrected chi connectivity index (χ3v) is 3.11. The van der Waals surface area contributed by atoms with Crippen molar-refractivity contribution < 1.29 is 9.84 Å². The number of nitrogens with two attached hydrogens (primary N) is 1. The molecule has 0 bridgehead atoms. The SMILES string of the molecule is Cl.NC[C@H]1O[C@@H](n2cnc3c(=O)[nH]cnc32)C[C@@H]1O. The highest BCUT2D eigenvalue weighted by Crippen LogP contribution is 2.29. The van der Waals surface area contributed by atoms with Gasteiger partial charge in [0.2, 0.25) is 0 Å². The van der Waals surface area contributed by atoms with Gasteiger partial charge in [0.25, 0.3) is 5.56 Å². The second-order valence-electron chi connectivity index (χ2n) is 4.22. The average molecular weight is 288 g/mol. The summed E-state index contributed by atoms with van der Waals surface area (Å²) in [4.78, 5) is 22.0. The summed E-state index contributed by atoms with van der Waals surface area (Å²) >= 11 is 0. The molecular weight excluding hydrogens is 274 g/mol. The Kier molecular flexibility index (Phi) is 3.85. The highest BCUT2D eigenvalue weighted by atomic mass is 35.5. The number of ether oxygens (including phenoxy) is 1. The molecule has 4 N–H and O–H groups in total. The van der Waals surface area contributed by atoms with E-state index in [0.29, 0.717) is 12.1 Å². The third-order valence-electron chi connectivity index (χ3n) is 3.11. The largest absolute Gasteiger partial charge is 0.390 e. The molecular formula is C10H14ClN5O3. The van der Waals surface area contributed by atoms with E-state index < -0.39 is 18.4 Å². The van der Waals surface area contributed by atoms with E-state index in [0.717, 1.165) is 0 Å². The molecule has 104 valence electrons. The highest BCUT2D eigenvalue weighted by molar-refractivity contribution is 5.85. The lowest BCUT2D eigenvalue weighted by atomic mass is 10.2. The lowest BCUT2D eigenvalue weighted by Gasteiger charge is -2.13. The Balaban J connectivity index is 0.00000133. The van der Waals surface area contributed by atoms with E-state index in [4.69, 9.17) is 10.5 Å². The summed E-state index contributed by atoms with van der Waals surface area (Å²) in [5.41, 5.74) is 5.89. The quantitative estimate of drug-likeness (QED) is 0.662. The smallest absolute Gasteiger partial charge is 0.278 e. The summed E-state index contributed by atoms with van der Waals surface area (Å²) in [6, 6.07) is 0. The molecule has 0 amide bonds. The number of nitrogens with zero attached hydrogens (tertiary/aromatic N) is 3. The van der Waals surface area contributed by atoms with Crippen LogP contribution in [0, 0.1) is 0 Å². The molecule has 0 aliphatic carbocycles. The predicted octanol–water partition coefficient (Wildman–Crippen LogP) is -0.852. The molecule has 0 spiro atoms. The number of aliphatic hydroxyl groups excluding tert-OH is 1. The standard InChI is InChI=1S/C10H13N5O3.ClH/c11-2-6-5(16)1-7(18-6)15-4-14-8-9(15)12-3-13-10(8)17;/h3-7,16H,1-2,11H2,(H,12,13,17);1H/t5-,6+,7+;/m0./s1. The molecule has 0 aromatic carbocycles. The third kappa shape index (κ3) is 2.23. The number of halogens is 1. The first-order valence-electron chi connectivity index (χ1n) is 5.64. The molecule has 2 aromatic rings. The first kappa shape index (κ1) is 13.9. The van der Waals surface area contributed by atoms with E-state index >= 15 is 0 Å². The molecule has 3 atom stereocenters. The van der Waals surface area contributed by atoms with Gasteiger partial charge in [-0.05, 0) is 0 Å². The van der Waals surface area contributed by atoms with Crippen molar-refractivity contribution in [2.45, 2.75) is 24.9 Å². The number of fused-ring (bicyclic) bond motifs is 1. The Morgan fingerprint density at radius 3 is 3.05 bits per heavy atom. The molecule has 0 unspecified atom stereocenters. The molecule has 1 fully saturated rings. The second-order valence-corrected chi connectivity index (χ2v) is 4.22. The van der Waals surface area contributed by atoms with E-state index in [2.05, 4.69) is 15.0 Å². The number of imidazole rings is 1. The summed E-state index contributed by atoms with van der Waals surface area (Å²) in [7, 11) is 0. The van der Waals surface area contributed by atoms with Gasteiger partial charge >= 0.3 is 0 Å². The van der Waals surface area contributed by atoms with Gasteiger partial charge in [-0.15, -0.1) is 12.4 Å². The van der Waals surface area contributed by atoms with Gasteiger partial charge in [0.05, 0.1) is 24.9 Å². The number of hydrogen-bond acceptors (Lipinski definition) is 6. The Hall–Kier alpha value is -1.48. The molecule has 1 saturated heterocycles. The topological polar surface area (TPSA) is 119 Å². The molecule has 0 saturated carbocycles. The van der Waals surface area contributed by atoms with Crippen molar-refractivity contribution in [1.29, 1.82) is 0 Å². The fourth-order valence-electron chi connectivity index (χ4n) is 2.17. The lowest BCUT2D eigenvalue weighted by Crippen LogP contribution is -2.29. The number of aromatic nitrogens is 4. The van der Waals surface area contributed by atoms with Crippen LogP contribution in [0.4, 0.5) is 0 Å². The van der Waals surface area contributed by atoms with Gasteiger partial charge in [-0.25, -0.2) is 9.97 Å². The van der Waals surface area contributed by atoms with Crippen LogP contribution in [-0.2, 0) is 4.74 Å². The summed E-state index contributed by atoms with van der Waals surface area (Å²) in [6.45, 7) is 0.248. The fourth-order valence-corrected chi connectivity index (χ4v) is 2.17. The highest BCUT2D eigenvalue weighted by Gasteiger charge is 2.34. The number of aromatic amines is 1. The number of rotatable bonds is 2. The van der Waals surface area contributed by atoms with Gasteiger partial charge in [0.15, 0.2) is 11.2 Å². The van der Waals surface area contributed by atoms with Crippen molar-refractivity contribution in [2.75, 3.05) is 6.54 Å². The molecule has 2 aromatic heterocycles. The molecule has 0 radical (unpaired) electrons. The fraction of sp³-hybridized carbons (Fsp3) is 0.500. The maximum atomic E-state index is 11.5. The Labute approximate surface area is 114 Å². The summed E-state index contributed by atoms with van der Waals surface area (Å²) in [5.74, 6) is 0. The van der Waals surface area contributed by atoms with E-state index in [1.54, 1.807) is 4.57 Å². The average Bonchev–Trinajstić information content (AvgIpc) is 2.93. The molecule has 8 nitrogen and oxygen atoms in total. The minimum absolute atomic E-state index is 0. The van der Waals surface area contributed by atoms with Crippen LogP contribution in [-0.4, -0.2) is 43.4 Å². The zero-order chi connectivity index (χ0) is 12.7. The van der Waals surface area contributed by atoms with Crippen LogP contribution in [0.1, 0.15) is 12.6 Å². The maximum Gasteiger partial charge on any atom is 0.278 e. The van der Waals surface area contributed by atoms with Gasteiger partial charge < -0.3 is 20.6 Å². The lowest BCUT2D eigenvalue weighted by molar-refractivity contribution is -0.0115. The van der Waals surface area contributed by atoms with Crippen LogP contribution in [0.15, 0.2) is 17.4 Å². The maximum absolute atomic E-state index is 11.5. The van der Waals surface area contributed by atoms with Crippen LogP contribution < -0.4 is 11.3 Å². The Morgan fingerprint density at radius 2 is 2.37 bits per heavy atom. The van der Waals surface area contributed by atoms with Crippen molar-refractivity contribution in [3.63, 3.8) is 0 Å². The second kappa shape index (κ2) is 5.25. The first-order valence-corrected chi connectivity index (χ1v) is 5.64. The van der Waals surface area contributed by atoms with Gasteiger partial charge in [0.1, 0.15) is 6.23 Å². The number of H-pyrrole nitrogens is 1. The zero-order valence-electron chi connectivity index (χ0n) is 9.89.